The Bertz CT molecular complexity index is 451. The van der Waals surface area contributed by atoms with E-state index in [1.54, 1.807) is 13.0 Å². The number of H-pyrrole nitrogens is 2. The number of nitriles is 1. The third-order valence-corrected chi connectivity index (χ3v) is 1.31. The van der Waals surface area contributed by atoms with Crippen molar-refractivity contribution in [2.24, 2.45) is 0 Å². The van der Waals surface area contributed by atoms with Crippen LogP contribution in [0.5, 0.6) is 5.88 Å². The first-order valence-electron chi connectivity index (χ1n) is 3.58. The Morgan fingerprint density at radius 1 is 1.46 bits per heavy atom. The van der Waals surface area contributed by atoms with Gasteiger partial charge in [-0.2, -0.15) is 5.26 Å². The molecule has 0 saturated carbocycles. The van der Waals surface area contributed by atoms with Gasteiger partial charge < -0.3 is 4.74 Å². The molecule has 1 rings (SSSR count). The topological polar surface area (TPSA) is 98.7 Å². The van der Waals surface area contributed by atoms with Crippen molar-refractivity contribution in [2.75, 3.05) is 6.61 Å². The summed E-state index contributed by atoms with van der Waals surface area (Å²) < 4.78 is 4.89. The van der Waals surface area contributed by atoms with Gasteiger partial charge in [0.15, 0.2) is 5.56 Å². The zero-order valence-electron chi connectivity index (χ0n) is 6.88. The maximum Gasteiger partial charge on any atom is 0.328 e. The molecule has 6 nitrogen and oxygen atoms in total. The molecule has 0 aromatic carbocycles. The summed E-state index contributed by atoms with van der Waals surface area (Å²) in [6.45, 7) is 1.95. The average molecular weight is 181 g/mol. The third-order valence-electron chi connectivity index (χ3n) is 1.31. The summed E-state index contributed by atoms with van der Waals surface area (Å²) in [6, 6.07) is 1.64. The summed E-state index contributed by atoms with van der Waals surface area (Å²) in [7, 11) is 0. The van der Waals surface area contributed by atoms with Crippen molar-refractivity contribution in [3.63, 3.8) is 0 Å². The predicted octanol–water partition coefficient (Wildman–Crippen LogP) is -0.666. The van der Waals surface area contributed by atoms with Gasteiger partial charge in [-0.15, -0.1) is 0 Å². The van der Waals surface area contributed by atoms with E-state index >= 15 is 0 Å². The maximum atomic E-state index is 11.0. The number of hydrogen-bond donors (Lipinski definition) is 2. The molecule has 0 aliphatic heterocycles. The lowest BCUT2D eigenvalue weighted by atomic mass is 10.3. The highest BCUT2D eigenvalue weighted by Crippen LogP contribution is 2.04. The van der Waals surface area contributed by atoms with Gasteiger partial charge in [0.2, 0.25) is 5.88 Å². The van der Waals surface area contributed by atoms with Crippen molar-refractivity contribution >= 4 is 0 Å². The zero-order chi connectivity index (χ0) is 9.84. The third kappa shape index (κ3) is 1.76. The molecule has 0 fully saturated rings. The molecule has 0 bridgehead atoms. The Labute approximate surface area is 72.8 Å². The summed E-state index contributed by atoms with van der Waals surface area (Å²) in [5.74, 6) is -0.0845. The van der Waals surface area contributed by atoms with Crippen molar-refractivity contribution < 1.29 is 4.74 Å². The van der Waals surface area contributed by atoms with Crippen molar-refractivity contribution in [1.29, 1.82) is 5.26 Å². The lowest BCUT2D eigenvalue weighted by Gasteiger charge is -2.01. The molecule has 1 aromatic heterocycles. The Balaban J connectivity index is 3.41. The standard InChI is InChI=1S/C7H7N3O3/c1-2-13-6-4(3-8)5(11)9-7(12)10-6/h2H2,1H3,(H2,9,10,11,12). The van der Waals surface area contributed by atoms with Crippen LogP contribution in [0.15, 0.2) is 9.59 Å². The van der Waals surface area contributed by atoms with Crippen LogP contribution in [0.2, 0.25) is 0 Å². The van der Waals surface area contributed by atoms with Crippen LogP contribution in [0.3, 0.4) is 0 Å². The molecule has 1 heterocycles. The minimum absolute atomic E-state index is 0.0845. The summed E-state index contributed by atoms with van der Waals surface area (Å²) >= 11 is 0. The highest BCUT2D eigenvalue weighted by atomic mass is 16.5. The molecule has 13 heavy (non-hydrogen) atoms. The maximum absolute atomic E-state index is 11.0. The number of hydrogen-bond acceptors (Lipinski definition) is 4. The van der Waals surface area contributed by atoms with Crippen LogP contribution in [0.25, 0.3) is 0 Å². The number of aromatic nitrogens is 2. The summed E-state index contributed by atoms with van der Waals surface area (Å²) in [4.78, 5) is 25.9. The second-order valence-electron chi connectivity index (χ2n) is 2.16. The van der Waals surface area contributed by atoms with Gasteiger partial charge in [-0.05, 0) is 6.92 Å². The second kappa shape index (κ2) is 3.58. The molecule has 2 N–H and O–H groups in total. The largest absolute Gasteiger partial charge is 0.478 e. The molecule has 1 aromatic rings. The van der Waals surface area contributed by atoms with Crippen molar-refractivity contribution in [1.82, 2.24) is 9.97 Å². The Hall–Kier alpha value is -2.03. The van der Waals surface area contributed by atoms with Crippen LogP contribution >= 0.6 is 0 Å². The van der Waals surface area contributed by atoms with E-state index in [1.165, 1.54) is 0 Å². The van der Waals surface area contributed by atoms with E-state index in [1.807, 2.05) is 4.98 Å². The first-order chi connectivity index (χ1) is 6.19. The zero-order valence-corrected chi connectivity index (χ0v) is 6.88. The van der Waals surface area contributed by atoms with E-state index in [-0.39, 0.29) is 18.1 Å². The van der Waals surface area contributed by atoms with Crippen LogP contribution in [0.1, 0.15) is 12.5 Å². The van der Waals surface area contributed by atoms with Crippen molar-refractivity contribution in [3.8, 4) is 11.9 Å². The van der Waals surface area contributed by atoms with Crippen LogP contribution in [-0.2, 0) is 0 Å². The number of rotatable bonds is 2. The fourth-order valence-electron chi connectivity index (χ4n) is 0.820. The molecular weight excluding hydrogens is 174 g/mol. The molecule has 0 saturated heterocycles. The van der Waals surface area contributed by atoms with Gasteiger partial charge in [0.05, 0.1) is 6.61 Å². The first kappa shape index (κ1) is 9.06. The molecule has 6 heteroatoms. The molecule has 0 amide bonds. The molecule has 0 aliphatic carbocycles. The summed E-state index contributed by atoms with van der Waals surface area (Å²) in [6.07, 6.45) is 0. The van der Waals surface area contributed by atoms with Crippen LogP contribution in [0.4, 0.5) is 0 Å². The van der Waals surface area contributed by atoms with Gasteiger partial charge in [-0.3, -0.25) is 14.8 Å². The summed E-state index contributed by atoms with van der Waals surface area (Å²) in [5, 5.41) is 8.54. The van der Waals surface area contributed by atoms with Crippen LogP contribution in [-0.4, -0.2) is 16.6 Å². The number of aromatic amines is 2. The van der Waals surface area contributed by atoms with E-state index < -0.39 is 11.2 Å². The number of nitrogens with zero attached hydrogens (tertiary/aromatic N) is 1. The van der Waals surface area contributed by atoms with Crippen LogP contribution < -0.4 is 16.0 Å². The SMILES string of the molecule is CCOc1[nH]c(=O)[nH]c(=O)c1C#N. The van der Waals surface area contributed by atoms with E-state index in [0.717, 1.165) is 0 Å². The fraction of sp³-hybridized carbons (Fsp3) is 0.286. The van der Waals surface area contributed by atoms with Gasteiger partial charge in [-0.25, -0.2) is 4.79 Å². The molecule has 0 unspecified atom stereocenters. The average Bonchev–Trinajstić information content (AvgIpc) is 2.04. The quantitative estimate of drug-likeness (QED) is 0.632. The molecule has 0 spiro atoms. The Morgan fingerprint density at radius 3 is 2.69 bits per heavy atom. The van der Waals surface area contributed by atoms with Gasteiger partial charge in [0.1, 0.15) is 6.07 Å². The highest BCUT2D eigenvalue weighted by Gasteiger charge is 2.08. The molecule has 0 aliphatic rings. The van der Waals surface area contributed by atoms with Crippen molar-refractivity contribution in [3.05, 3.63) is 26.4 Å². The van der Waals surface area contributed by atoms with E-state index in [2.05, 4.69) is 4.98 Å². The highest BCUT2D eigenvalue weighted by molar-refractivity contribution is 5.34. The lowest BCUT2D eigenvalue weighted by Crippen LogP contribution is -2.25. The number of nitrogens with one attached hydrogen (secondary N) is 2. The van der Waals surface area contributed by atoms with Crippen LogP contribution in [0, 0.1) is 11.3 Å². The lowest BCUT2D eigenvalue weighted by molar-refractivity contribution is 0.323. The molecular formula is C7H7N3O3. The normalized spacial score (nSPS) is 9.23. The Kier molecular flexibility index (Phi) is 2.50. The smallest absolute Gasteiger partial charge is 0.328 e. The molecule has 68 valence electrons. The van der Waals surface area contributed by atoms with Gasteiger partial charge >= 0.3 is 5.69 Å². The molecule has 0 atom stereocenters. The van der Waals surface area contributed by atoms with Gasteiger partial charge in [0, 0.05) is 0 Å². The fourth-order valence-corrected chi connectivity index (χ4v) is 0.820. The van der Waals surface area contributed by atoms with E-state index in [9.17, 15) is 9.59 Å². The van der Waals surface area contributed by atoms with Crippen molar-refractivity contribution in [2.45, 2.75) is 6.92 Å². The van der Waals surface area contributed by atoms with E-state index in [4.69, 9.17) is 10.00 Å². The summed E-state index contributed by atoms with van der Waals surface area (Å²) in [5.41, 5.74) is -1.65. The minimum Gasteiger partial charge on any atom is -0.478 e. The van der Waals surface area contributed by atoms with E-state index in [0.29, 0.717) is 0 Å². The molecule has 0 radical (unpaired) electrons. The van der Waals surface area contributed by atoms with Gasteiger partial charge in [0.25, 0.3) is 5.56 Å². The minimum atomic E-state index is -0.741. The second-order valence-corrected chi connectivity index (χ2v) is 2.16. The monoisotopic (exact) mass is 181 g/mol. The predicted molar refractivity (Wildman–Crippen MR) is 43.6 cm³/mol. The number of ether oxygens (including phenoxy) is 1. The van der Waals surface area contributed by atoms with Gasteiger partial charge in [-0.1, -0.05) is 0 Å². The first-order valence-corrected chi connectivity index (χ1v) is 3.58. The Morgan fingerprint density at radius 2 is 2.15 bits per heavy atom.